The van der Waals surface area contributed by atoms with Gasteiger partial charge in [0.25, 0.3) is 0 Å². The van der Waals surface area contributed by atoms with Crippen LogP contribution in [0.1, 0.15) is 51.9 Å². The minimum atomic E-state index is -1.11. The number of aryl methyl sites for hydroxylation is 1. The molecule has 0 fully saturated rings. The number of hydrogen-bond donors (Lipinski definition) is 1. The molecule has 2 aromatic heterocycles. The monoisotopic (exact) mass is 371 g/mol. The third-order valence-electron chi connectivity index (χ3n) is 3.27. The third-order valence-corrected chi connectivity index (χ3v) is 5.54. The van der Waals surface area contributed by atoms with Crippen LogP contribution in [-0.2, 0) is 17.4 Å². The van der Waals surface area contributed by atoms with Gasteiger partial charge in [0, 0.05) is 12.4 Å². The van der Waals surface area contributed by atoms with E-state index in [0.29, 0.717) is 0 Å². The second kappa shape index (κ2) is 6.18. The predicted molar refractivity (Wildman–Crippen MR) is 91.7 cm³/mol. The van der Waals surface area contributed by atoms with Crippen molar-refractivity contribution in [3.8, 4) is 0 Å². The van der Waals surface area contributed by atoms with Crippen molar-refractivity contribution in [1.29, 1.82) is 0 Å². The largest absolute Gasteiger partial charge is 0.306 e. The van der Waals surface area contributed by atoms with Crippen LogP contribution in [0.4, 0.5) is 0 Å². The van der Waals surface area contributed by atoms with Gasteiger partial charge < -0.3 is 4.40 Å². The number of fused-ring (bicyclic) bond motifs is 1. The average molecular weight is 372 g/mol. The maximum atomic E-state index is 12.2. The van der Waals surface area contributed by atoms with Crippen LogP contribution < -0.4 is 4.72 Å². The molecule has 6 heteroatoms. The second-order valence-electron chi connectivity index (χ2n) is 6.17. The minimum absolute atomic E-state index is 0.0677. The van der Waals surface area contributed by atoms with E-state index in [1.807, 2.05) is 38.3 Å². The summed E-state index contributed by atoms with van der Waals surface area (Å²) in [4.78, 5) is 4.64. The molecule has 0 bridgehead atoms. The zero-order chi connectivity index (χ0) is 15.8. The highest BCUT2D eigenvalue weighted by molar-refractivity contribution is 9.10. The molecule has 2 rings (SSSR count). The molecule has 0 unspecified atom stereocenters. The van der Waals surface area contributed by atoms with Gasteiger partial charge in [-0.25, -0.2) is 13.9 Å². The number of nitrogens with one attached hydrogen (secondary N) is 1. The standard InChI is InChI=1S/C15H22BrN3OS/c1-6-11-7-12(16)14-17-13(9-19(14)8-11)10(2)18-21(20)15(3,4)5/h7-10,18H,6H2,1-5H3/t10-,21-/m1/s1. The minimum Gasteiger partial charge on any atom is -0.306 e. The Labute approximate surface area is 137 Å². The van der Waals surface area contributed by atoms with Gasteiger partial charge in [-0.15, -0.1) is 0 Å². The Hall–Kier alpha value is -0.720. The maximum Gasteiger partial charge on any atom is 0.151 e. The van der Waals surface area contributed by atoms with Crippen LogP contribution in [0, 0.1) is 0 Å². The zero-order valence-electron chi connectivity index (χ0n) is 13.1. The van der Waals surface area contributed by atoms with Gasteiger partial charge in [-0.1, -0.05) is 6.92 Å². The van der Waals surface area contributed by atoms with Crippen LogP contribution >= 0.6 is 15.9 Å². The molecule has 0 saturated carbocycles. The van der Waals surface area contributed by atoms with Crippen LogP contribution in [0.25, 0.3) is 5.65 Å². The number of rotatable bonds is 4. The Morgan fingerprint density at radius 3 is 2.67 bits per heavy atom. The zero-order valence-corrected chi connectivity index (χ0v) is 15.5. The molecule has 0 aromatic carbocycles. The average Bonchev–Trinajstić information content (AvgIpc) is 2.81. The molecule has 0 spiro atoms. The van der Waals surface area contributed by atoms with Crippen molar-refractivity contribution < 1.29 is 4.21 Å². The highest BCUT2D eigenvalue weighted by Gasteiger charge is 2.23. The molecule has 0 aliphatic rings. The number of nitrogens with zero attached hydrogens (tertiary/aromatic N) is 2. The fourth-order valence-electron chi connectivity index (χ4n) is 1.93. The highest BCUT2D eigenvalue weighted by Crippen LogP contribution is 2.23. The Morgan fingerprint density at radius 1 is 1.43 bits per heavy atom. The van der Waals surface area contributed by atoms with Gasteiger partial charge in [-0.05, 0) is 61.7 Å². The lowest BCUT2D eigenvalue weighted by Crippen LogP contribution is -2.34. The van der Waals surface area contributed by atoms with Gasteiger partial charge in [-0.2, -0.15) is 0 Å². The van der Waals surface area contributed by atoms with Crippen molar-refractivity contribution in [2.45, 2.75) is 51.8 Å². The Bertz CT molecular complexity index is 675. The van der Waals surface area contributed by atoms with E-state index < -0.39 is 11.0 Å². The van der Waals surface area contributed by atoms with E-state index in [-0.39, 0.29) is 10.8 Å². The molecule has 0 amide bonds. The van der Waals surface area contributed by atoms with Crippen LogP contribution in [0.2, 0.25) is 0 Å². The normalized spacial score (nSPS) is 15.3. The molecule has 0 aliphatic heterocycles. The Morgan fingerprint density at radius 2 is 2.10 bits per heavy atom. The first-order chi connectivity index (χ1) is 9.72. The van der Waals surface area contributed by atoms with Crippen LogP contribution in [0.15, 0.2) is 22.9 Å². The summed E-state index contributed by atoms with van der Waals surface area (Å²) in [5, 5.41) is 0. The molecule has 2 heterocycles. The van der Waals surface area contributed by atoms with Gasteiger partial charge in [-0.3, -0.25) is 0 Å². The number of hydrogen-bond acceptors (Lipinski definition) is 2. The molecule has 0 radical (unpaired) electrons. The number of halogens is 1. The summed E-state index contributed by atoms with van der Waals surface area (Å²) in [6, 6.07) is 2.03. The van der Waals surface area contributed by atoms with Crippen molar-refractivity contribution in [1.82, 2.24) is 14.1 Å². The van der Waals surface area contributed by atoms with E-state index >= 15 is 0 Å². The lowest BCUT2D eigenvalue weighted by molar-refractivity contribution is 0.612. The first kappa shape index (κ1) is 16.6. The van der Waals surface area contributed by atoms with Crippen molar-refractivity contribution in [3.05, 3.63) is 34.2 Å². The van der Waals surface area contributed by atoms with E-state index in [1.54, 1.807) is 0 Å². The van der Waals surface area contributed by atoms with Gasteiger partial charge in [0.05, 0.1) is 31.9 Å². The van der Waals surface area contributed by atoms with Gasteiger partial charge >= 0.3 is 0 Å². The van der Waals surface area contributed by atoms with Crippen LogP contribution in [0.3, 0.4) is 0 Å². The van der Waals surface area contributed by atoms with Crippen molar-refractivity contribution in [3.63, 3.8) is 0 Å². The number of aromatic nitrogens is 2. The van der Waals surface area contributed by atoms with E-state index in [4.69, 9.17) is 0 Å². The lowest BCUT2D eigenvalue weighted by atomic mass is 10.2. The summed E-state index contributed by atoms with van der Waals surface area (Å²) in [6.07, 6.45) is 5.06. The molecule has 116 valence electrons. The first-order valence-corrected chi connectivity index (χ1v) is 9.01. The van der Waals surface area contributed by atoms with Crippen molar-refractivity contribution >= 4 is 32.6 Å². The molecule has 4 nitrogen and oxygen atoms in total. The van der Waals surface area contributed by atoms with Crippen LogP contribution in [-0.4, -0.2) is 18.3 Å². The molecule has 2 aromatic rings. The van der Waals surface area contributed by atoms with Crippen molar-refractivity contribution in [2.75, 3.05) is 0 Å². The van der Waals surface area contributed by atoms with Gasteiger partial charge in [0.15, 0.2) is 5.65 Å². The fourth-order valence-corrected chi connectivity index (χ4v) is 3.31. The van der Waals surface area contributed by atoms with E-state index in [9.17, 15) is 4.21 Å². The van der Waals surface area contributed by atoms with E-state index in [0.717, 1.165) is 22.2 Å². The van der Waals surface area contributed by atoms with Gasteiger partial charge in [0.2, 0.25) is 0 Å². The maximum absolute atomic E-state index is 12.2. The fraction of sp³-hybridized carbons (Fsp3) is 0.533. The summed E-state index contributed by atoms with van der Waals surface area (Å²) < 4.78 is 18.0. The summed E-state index contributed by atoms with van der Waals surface area (Å²) in [6.45, 7) is 9.98. The molecular formula is C15H22BrN3OS. The topological polar surface area (TPSA) is 46.4 Å². The molecule has 0 aliphatic carbocycles. The summed E-state index contributed by atoms with van der Waals surface area (Å²) in [7, 11) is -1.11. The third kappa shape index (κ3) is 3.73. The molecular weight excluding hydrogens is 350 g/mol. The number of imidazole rings is 1. The first-order valence-electron chi connectivity index (χ1n) is 7.07. The van der Waals surface area contributed by atoms with Crippen molar-refractivity contribution in [2.24, 2.45) is 0 Å². The van der Waals surface area contributed by atoms with E-state index in [1.165, 1.54) is 5.56 Å². The smallest absolute Gasteiger partial charge is 0.151 e. The summed E-state index contributed by atoms with van der Waals surface area (Å²) in [5.74, 6) is 0. The molecule has 1 N–H and O–H groups in total. The summed E-state index contributed by atoms with van der Waals surface area (Å²) >= 11 is 3.57. The van der Waals surface area contributed by atoms with E-state index in [2.05, 4.69) is 44.8 Å². The van der Waals surface area contributed by atoms with Crippen LogP contribution in [0.5, 0.6) is 0 Å². The molecule has 21 heavy (non-hydrogen) atoms. The summed E-state index contributed by atoms with van der Waals surface area (Å²) in [5.41, 5.74) is 3.02. The second-order valence-corrected chi connectivity index (χ2v) is 9.02. The lowest BCUT2D eigenvalue weighted by Gasteiger charge is -2.20. The highest BCUT2D eigenvalue weighted by atomic mass is 79.9. The predicted octanol–water partition coefficient (Wildman–Crippen LogP) is 3.77. The molecule has 2 atom stereocenters. The van der Waals surface area contributed by atoms with Gasteiger partial charge in [0.1, 0.15) is 0 Å². The molecule has 0 saturated heterocycles. The Kier molecular flexibility index (Phi) is 4.90. The quantitative estimate of drug-likeness (QED) is 0.888. The number of pyridine rings is 1. The SMILES string of the molecule is CCc1cc(Br)c2nc([C@@H](C)N[S@](=O)C(C)(C)C)cn2c1. The Balaban J connectivity index is 2.30.